The maximum Gasteiger partial charge on any atom is 0.330 e. The van der Waals surface area contributed by atoms with Gasteiger partial charge in [-0.3, -0.25) is 14.3 Å². The summed E-state index contributed by atoms with van der Waals surface area (Å²) in [7, 11) is 0. The smallest absolute Gasteiger partial charge is 0.330 e. The Balaban J connectivity index is 1.69. The molecule has 0 unspecified atom stereocenters. The van der Waals surface area contributed by atoms with Crippen LogP contribution < -0.4 is 16.7 Å². The van der Waals surface area contributed by atoms with Crippen LogP contribution in [0.3, 0.4) is 0 Å². The number of nitrogens with zero attached hydrogens (tertiary/aromatic N) is 4. The first-order chi connectivity index (χ1) is 14.5. The topological polar surface area (TPSA) is 141 Å². The molecule has 3 aromatic heterocycles. The second-order valence-electron chi connectivity index (χ2n) is 6.93. The van der Waals surface area contributed by atoms with Crippen LogP contribution in [0.2, 0.25) is 0 Å². The molecule has 0 spiro atoms. The molecule has 0 saturated carbocycles. The van der Waals surface area contributed by atoms with Crippen molar-refractivity contribution in [2.75, 3.05) is 0 Å². The van der Waals surface area contributed by atoms with Crippen LogP contribution >= 0.6 is 11.8 Å². The number of nitrogens with one attached hydrogen (secondary N) is 2. The lowest BCUT2D eigenvalue weighted by molar-refractivity contribution is -0.497. The second-order valence-corrected chi connectivity index (χ2v) is 7.90. The summed E-state index contributed by atoms with van der Waals surface area (Å²) in [6.45, 7) is 5.06. The van der Waals surface area contributed by atoms with Gasteiger partial charge in [0.05, 0.1) is 16.8 Å². The number of fused-ring (bicyclic) bond motifs is 2. The van der Waals surface area contributed by atoms with Gasteiger partial charge in [-0.05, 0) is 19.4 Å². The minimum absolute atomic E-state index is 0.418. The third-order valence-corrected chi connectivity index (χ3v) is 5.84. The van der Waals surface area contributed by atoms with E-state index in [0.29, 0.717) is 46.7 Å². The number of imidazole rings is 2. The van der Waals surface area contributed by atoms with Crippen molar-refractivity contribution in [1.82, 2.24) is 29.1 Å². The number of thioether (sulfide) groups is 1. The summed E-state index contributed by atoms with van der Waals surface area (Å²) in [4.78, 5) is 39.6. The van der Waals surface area contributed by atoms with E-state index in [-0.39, 0.29) is 0 Å². The molecule has 0 saturated heterocycles. The van der Waals surface area contributed by atoms with E-state index in [4.69, 9.17) is 0 Å². The second kappa shape index (κ2) is 8.46. The lowest BCUT2D eigenvalue weighted by Crippen LogP contribution is -2.70. The number of aromatic nitrogens is 6. The number of aromatic amines is 2. The quantitative estimate of drug-likeness (QED) is 0.221. The van der Waals surface area contributed by atoms with Gasteiger partial charge < -0.3 is 20.2 Å². The summed E-state index contributed by atoms with van der Waals surface area (Å²) in [6.07, 6.45) is 1.76. The molecule has 0 aliphatic rings. The number of nitrogens with two attached hydrogens (primary N) is 1. The van der Waals surface area contributed by atoms with Crippen molar-refractivity contribution in [1.29, 1.82) is 0 Å². The molecule has 0 aliphatic carbocycles. The molecule has 0 amide bonds. The van der Waals surface area contributed by atoms with Crippen molar-refractivity contribution in [3.63, 3.8) is 0 Å². The predicted octanol–water partition coefficient (Wildman–Crippen LogP) is 1.57. The van der Waals surface area contributed by atoms with E-state index in [2.05, 4.69) is 19.9 Å². The average Bonchev–Trinajstić information content (AvgIpc) is 3.32. The van der Waals surface area contributed by atoms with Gasteiger partial charge in [-0.25, -0.2) is 14.8 Å². The van der Waals surface area contributed by atoms with Crippen LogP contribution in [0.5, 0.6) is 0 Å². The van der Waals surface area contributed by atoms with Crippen LogP contribution in [0.15, 0.2) is 32.9 Å². The SMILES string of the molecule is CCCCn1c(=O)[nH]c(=O)c2c1nc(CSc1nc3ccc([NH2+][O-])cc3[nH]1)n2CC. The van der Waals surface area contributed by atoms with Crippen molar-refractivity contribution in [2.24, 2.45) is 0 Å². The Morgan fingerprint density at radius 2 is 2.00 bits per heavy atom. The lowest BCUT2D eigenvalue weighted by Gasteiger charge is -2.06. The van der Waals surface area contributed by atoms with E-state index in [9.17, 15) is 14.8 Å². The van der Waals surface area contributed by atoms with Gasteiger partial charge in [0.1, 0.15) is 11.5 Å². The number of benzene rings is 1. The fourth-order valence-electron chi connectivity index (χ4n) is 3.47. The van der Waals surface area contributed by atoms with E-state index in [0.717, 1.165) is 29.4 Å². The lowest BCUT2D eigenvalue weighted by atomic mass is 10.3. The van der Waals surface area contributed by atoms with E-state index >= 15 is 0 Å². The standard InChI is InChI=1S/C19H23N7O3S/c1-3-5-8-26-16-15(17(27)23-19(26)28)25(4-2)14(22-16)10-30-18-20-12-7-6-11(24-29)9-13(12)21-18/h6-7,9H,3-5,8,10,24H2,1-2H3,(H,20,21)(H,23,27,28). The zero-order chi connectivity index (χ0) is 21.3. The minimum atomic E-state index is -0.427. The van der Waals surface area contributed by atoms with Crippen molar-refractivity contribution < 1.29 is 5.48 Å². The Labute approximate surface area is 175 Å². The summed E-state index contributed by atoms with van der Waals surface area (Å²) in [5, 5.41) is 11.7. The van der Waals surface area contributed by atoms with E-state index in [1.54, 1.807) is 22.8 Å². The summed E-state index contributed by atoms with van der Waals surface area (Å²) >= 11 is 1.45. The van der Waals surface area contributed by atoms with Crippen LogP contribution in [-0.2, 0) is 18.8 Å². The molecule has 10 nitrogen and oxygen atoms in total. The Kier molecular flexibility index (Phi) is 5.75. The van der Waals surface area contributed by atoms with E-state index in [1.165, 1.54) is 11.8 Å². The number of aryl methyl sites for hydroxylation is 2. The zero-order valence-corrected chi connectivity index (χ0v) is 17.6. The maximum absolute atomic E-state index is 12.5. The van der Waals surface area contributed by atoms with Crippen LogP contribution in [0.4, 0.5) is 5.69 Å². The molecule has 4 N–H and O–H groups in total. The molecule has 158 valence electrons. The average molecular weight is 430 g/mol. The summed E-state index contributed by atoms with van der Waals surface area (Å²) in [6, 6.07) is 5.28. The van der Waals surface area contributed by atoms with Crippen molar-refractivity contribution >= 4 is 39.6 Å². The fraction of sp³-hybridized carbons (Fsp3) is 0.368. The van der Waals surface area contributed by atoms with Gasteiger partial charge in [0.2, 0.25) is 0 Å². The van der Waals surface area contributed by atoms with Crippen molar-refractivity contribution in [2.45, 2.75) is 50.7 Å². The summed E-state index contributed by atoms with van der Waals surface area (Å²) in [5.74, 6) is 1.18. The monoisotopic (exact) mass is 429 g/mol. The number of quaternary nitrogens is 1. The number of rotatable bonds is 8. The van der Waals surface area contributed by atoms with Crippen LogP contribution in [0.1, 0.15) is 32.5 Å². The molecule has 0 radical (unpaired) electrons. The van der Waals surface area contributed by atoms with Crippen molar-refractivity contribution in [3.05, 3.63) is 50.1 Å². The predicted molar refractivity (Wildman–Crippen MR) is 116 cm³/mol. The van der Waals surface area contributed by atoms with Crippen LogP contribution in [0.25, 0.3) is 22.2 Å². The molecule has 4 rings (SSSR count). The Hall–Kier alpha value is -2.89. The Bertz CT molecular complexity index is 1320. The molecule has 11 heteroatoms. The highest BCUT2D eigenvalue weighted by atomic mass is 32.2. The van der Waals surface area contributed by atoms with Gasteiger partial charge in [-0.1, -0.05) is 25.1 Å². The van der Waals surface area contributed by atoms with Gasteiger partial charge >= 0.3 is 5.69 Å². The van der Waals surface area contributed by atoms with Gasteiger partial charge in [0.15, 0.2) is 16.3 Å². The molecule has 30 heavy (non-hydrogen) atoms. The molecular formula is C19H23N7O3S. The first-order valence-electron chi connectivity index (χ1n) is 9.85. The fourth-order valence-corrected chi connectivity index (χ4v) is 4.30. The third-order valence-electron chi connectivity index (χ3n) is 4.97. The van der Waals surface area contributed by atoms with Crippen molar-refractivity contribution in [3.8, 4) is 0 Å². The zero-order valence-electron chi connectivity index (χ0n) is 16.8. The third kappa shape index (κ3) is 3.66. The Morgan fingerprint density at radius 3 is 2.73 bits per heavy atom. The summed E-state index contributed by atoms with van der Waals surface area (Å²) in [5.41, 5.74) is 2.95. The maximum atomic E-state index is 12.5. The molecule has 0 aliphatic heterocycles. The van der Waals surface area contributed by atoms with Crippen LogP contribution in [-0.4, -0.2) is 29.1 Å². The van der Waals surface area contributed by atoms with Gasteiger partial charge in [-0.2, -0.15) is 0 Å². The van der Waals surface area contributed by atoms with E-state index in [1.807, 2.05) is 18.4 Å². The minimum Gasteiger partial charge on any atom is -0.630 e. The largest absolute Gasteiger partial charge is 0.630 e. The molecule has 0 atom stereocenters. The first-order valence-corrected chi connectivity index (χ1v) is 10.8. The molecule has 1 aromatic carbocycles. The molecular weight excluding hydrogens is 406 g/mol. The van der Waals surface area contributed by atoms with Gasteiger partial charge in [0.25, 0.3) is 5.56 Å². The number of H-pyrrole nitrogens is 2. The first kappa shape index (κ1) is 20.4. The summed E-state index contributed by atoms with van der Waals surface area (Å²) < 4.78 is 3.39. The number of hydrogen-bond donors (Lipinski definition) is 3. The Morgan fingerprint density at radius 1 is 1.17 bits per heavy atom. The molecule has 0 fully saturated rings. The normalized spacial score (nSPS) is 11.7. The molecule has 4 aromatic rings. The van der Waals surface area contributed by atoms with E-state index < -0.39 is 11.2 Å². The van der Waals surface area contributed by atoms with Gasteiger partial charge in [-0.15, -0.1) is 0 Å². The number of unbranched alkanes of at least 4 members (excludes halogenated alkanes) is 1. The molecule has 3 heterocycles. The highest BCUT2D eigenvalue weighted by Gasteiger charge is 2.18. The van der Waals surface area contributed by atoms with Crippen LogP contribution in [0, 0.1) is 5.21 Å². The number of hydrogen-bond acceptors (Lipinski definition) is 6. The highest BCUT2D eigenvalue weighted by Crippen LogP contribution is 2.25. The van der Waals surface area contributed by atoms with Gasteiger partial charge in [0, 0.05) is 25.2 Å². The highest BCUT2D eigenvalue weighted by molar-refractivity contribution is 7.98. The molecule has 0 bridgehead atoms.